The lowest BCUT2D eigenvalue weighted by molar-refractivity contribution is -0.177. The Bertz CT molecular complexity index is 913. The lowest BCUT2D eigenvalue weighted by Gasteiger charge is -2.52. The molecule has 2 heterocycles. The number of piperidine rings is 1. The van der Waals surface area contributed by atoms with Gasteiger partial charge in [0.1, 0.15) is 12.2 Å². The molecule has 2 saturated heterocycles. The summed E-state index contributed by atoms with van der Waals surface area (Å²) in [5.41, 5.74) is -1.61. The average molecular weight is 544 g/mol. The van der Waals surface area contributed by atoms with Crippen molar-refractivity contribution in [2.45, 2.75) is 99.4 Å². The van der Waals surface area contributed by atoms with E-state index in [1.54, 1.807) is 14.2 Å². The number of ketones is 2. The van der Waals surface area contributed by atoms with Crippen LogP contribution in [-0.4, -0.2) is 86.4 Å². The van der Waals surface area contributed by atoms with Gasteiger partial charge >= 0.3 is 5.97 Å². The van der Waals surface area contributed by atoms with Crippen molar-refractivity contribution in [3.63, 3.8) is 0 Å². The van der Waals surface area contributed by atoms with Crippen molar-refractivity contribution in [1.82, 2.24) is 5.32 Å². The Balaban J connectivity index is 1.50. The summed E-state index contributed by atoms with van der Waals surface area (Å²) in [6, 6.07) is -0.835. The van der Waals surface area contributed by atoms with Crippen molar-refractivity contribution >= 4 is 29.1 Å². The molecular weight excluding hydrogens is 505 g/mol. The summed E-state index contributed by atoms with van der Waals surface area (Å²) in [6.07, 6.45) is 1.21. The molecule has 5 fully saturated rings. The number of Topliss-reactive ketones (excluding diaryl/α,β-unsaturated/α-hetero) is 2. The molecule has 0 radical (unpaired) electrons. The van der Waals surface area contributed by atoms with Gasteiger partial charge in [-0.25, -0.2) is 4.39 Å². The van der Waals surface area contributed by atoms with E-state index in [9.17, 15) is 18.8 Å². The third kappa shape index (κ3) is 4.28. The number of esters is 1. The summed E-state index contributed by atoms with van der Waals surface area (Å²) in [7, 11) is 4.48. The zero-order valence-corrected chi connectivity index (χ0v) is 22.7. The number of methoxy groups -OCH3 is 3. The minimum absolute atomic E-state index is 0.0901. The van der Waals surface area contributed by atoms with Crippen molar-refractivity contribution in [1.29, 1.82) is 0 Å². The first kappa shape index (κ1) is 27.4. The smallest absolute Gasteiger partial charge is 0.322 e. The van der Waals surface area contributed by atoms with Gasteiger partial charge in [-0.1, -0.05) is 6.92 Å². The molecule has 3 aliphatic carbocycles. The van der Waals surface area contributed by atoms with E-state index in [2.05, 4.69) is 5.32 Å². The SMILES string of the molecule is COC(=O)C1CC(C2CCC(F)CC2)C2C(=O)[C@@]3(OC4C(Cl)C(OC)CC(OC)C4C3=O)[C@H](C)CC2N1. The molecule has 1 spiro atoms. The molecule has 11 atom stereocenters. The molecule has 5 aliphatic rings. The van der Waals surface area contributed by atoms with Gasteiger partial charge in [0.05, 0.1) is 36.7 Å². The lowest BCUT2D eigenvalue weighted by atomic mass is 9.56. The van der Waals surface area contributed by atoms with Crippen LogP contribution < -0.4 is 5.32 Å². The Morgan fingerprint density at radius 3 is 2.27 bits per heavy atom. The quantitative estimate of drug-likeness (QED) is 0.328. The summed E-state index contributed by atoms with van der Waals surface area (Å²) in [5.74, 6) is -2.51. The van der Waals surface area contributed by atoms with Crippen molar-refractivity contribution < 1.29 is 37.7 Å². The van der Waals surface area contributed by atoms with Crippen molar-refractivity contribution in [3.8, 4) is 0 Å². The average Bonchev–Trinajstić information content (AvgIpc) is 3.21. The molecule has 208 valence electrons. The minimum Gasteiger partial charge on any atom is -0.468 e. The maximum Gasteiger partial charge on any atom is 0.322 e. The first-order valence-corrected chi connectivity index (χ1v) is 14.1. The molecule has 0 bridgehead atoms. The molecule has 0 aromatic rings. The van der Waals surface area contributed by atoms with Gasteiger partial charge < -0.3 is 24.3 Å². The summed E-state index contributed by atoms with van der Waals surface area (Å²) >= 11 is 6.77. The fourth-order valence-electron chi connectivity index (χ4n) is 8.19. The Labute approximate surface area is 222 Å². The highest BCUT2D eigenvalue weighted by molar-refractivity contribution is 6.23. The minimum atomic E-state index is -1.61. The standard InChI is InChI=1S/C27H39ClFNO7/c1-12-9-16-20(15(10-17(30-16)26(33)36-4)13-5-7-14(29)8-6-13)24(31)27(12)25(32)21-18(34-2)11-19(35-3)22(28)23(21)37-27/h12-23,30H,5-11H2,1-4H3/t12-,13?,14?,15?,16?,17?,18?,19?,20?,21?,22?,23?,27+/m1/s1. The molecule has 8 nitrogen and oxygen atoms in total. The van der Waals surface area contributed by atoms with Crippen LogP contribution in [0.3, 0.4) is 0 Å². The highest BCUT2D eigenvalue weighted by Gasteiger charge is 2.70. The number of rotatable bonds is 4. The molecule has 1 N–H and O–H groups in total. The molecule has 9 unspecified atom stereocenters. The highest BCUT2D eigenvalue weighted by atomic mass is 35.5. The zero-order chi connectivity index (χ0) is 26.6. The number of halogens is 2. The van der Waals surface area contributed by atoms with Crippen LogP contribution in [0.15, 0.2) is 0 Å². The van der Waals surface area contributed by atoms with Crippen LogP contribution in [0.1, 0.15) is 51.9 Å². The van der Waals surface area contributed by atoms with Crippen LogP contribution in [0.5, 0.6) is 0 Å². The molecule has 2 aliphatic heterocycles. The number of alkyl halides is 2. The second kappa shape index (κ2) is 10.5. The van der Waals surface area contributed by atoms with Crippen molar-refractivity contribution in [3.05, 3.63) is 0 Å². The van der Waals surface area contributed by atoms with E-state index < -0.39 is 53.2 Å². The van der Waals surface area contributed by atoms with Gasteiger partial charge in [0, 0.05) is 38.5 Å². The maximum absolute atomic E-state index is 14.6. The monoisotopic (exact) mass is 543 g/mol. The highest BCUT2D eigenvalue weighted by Crippen LogP contribution is 2.54. The Kier molecular flexibility index (Phi) is 7.75. The summed E-state index contributed by atoms with van der Waals surface area (Å²) in [4.78, 5) is 41.3. The number of carbonyl (C=O) groups excluding carboxylic acids is 3. The van der Waals surface area contributed by atoms with E-state index in [1.807, 2.05) is 6.92 Å². The van der Waals surface area contributed by atoms with Gasteiger partial charge in [-0.3, -0.25) is 14.4 Å². The molecule has 10 heteroatoms. The fraction of sp³-hybridized carbons (Fsp3) is 0.889. The van der Waals surface area contributed by atoms with Gasteiger partial charge in [-0.05, 0) is 50.4 Å². The van der Waals surface area contributed by atoms with Crippen LogP contribution in [0.2, 0.25) is 0 Å². The normalized spacial score (nSPS) is 50.0. The predicted molar refractivity (Wildman–Crippen MR) is 132 cm³/mol. The van der Waals surface area contributed by atoms with Gasteiger partial charge in [0.25, 0.3) is 0 Å². The van der Waals surface area contributed by atoms with E-state index in [0.29, 0.717) is 44.9 Å². The number of fused-ring (bicyclic) bond motifs is 2. The van der Waals surface area contributed by atoms with E-state index in [-0.39, 0.29) is 41.5 Å². The van der Waals surface area contributed by atoms with Crippen LogP contribution in [-0.2, 0) is 33.3 Å². The predicted octanol–water partition coefficient (Wildman–Crippen LogP) is 2.62. The van der Waals surface area contributed by atoms with Gasteiger partial charge in [0.2, 0.25) is 0 Å². The number of hydrogen-bond donors (Lipinski definition) is 1. The van der Waals surface area contributed by atoms with E-state index in [0.717, 1.165) is 0 Å². The molecule has 5 rings (SSSR count). The second-order valence-corrected chi connectivity index (χ2v) is 12.2. The molecular formula is C27H39ClFNO7. The largest absolute Gasteiger partial charge is 0.468 e. The van der Waals surface area contributed by atoms with Crippen LogP contribution in [0, 0.1) is 29.6 Å². The Hall–Kier alpha value is -1.13. The fourth-order valence-corrected chi connectivity index (χ4v) is 8.60. The molecule has 0 aromatic carbocycles. The Morgan fingerprint density at radius 2 is 1.65 bits per heavy atom. The molecule has 37 heavy (non-hydrogen) atoms. The third-order valence-electron chi connectivity index (χ3n) is 10.1. The van der Waals surface area contributed by atoms with Crippen molar-refractivity contribution in [2.24, 2.45) is 29.6 Å². The van der Waals surface area contributed by atoms with Gasteiger partial charge in [0.15, 0.2) is 17.2 Å². The summed E-state index contributed by atoms with van der Waals surface area (Å²) in [6.45, 7) is 1.87. The van der Waals surface area contributed by atoms with E-state index in [4.69, 9.17) is 30.5 Å². The Morgan fingerprint density at radius 1 is 1.00 bits per heavy atom. The topological polar surface area (TPSA) is 100 Å². The molecule has 0 amide bonds. The number of hydrogen-bond acceptors (Lipinski definition) is 8. The van der Waals surface area contributed by atoms with Crippen LogP contribution in [0.4, 0.5) is 4.39 Å². The first-order valence-electron chi connectivity index (χ1n) is 13.6. The number of carbonyl (C=O) groups is 3. The van der Waals surface area contributed by atoms with Gasteiger partial charge in [-0.2, -0.15) is 0 Å². The second-order valence-electron chi connectivity index (χ2n) is 11.7. The first-order chi connectivity index (χ1) is 17.7. The van der Waals surface area contributed by atoms with Crippen LogP contribution >= 0.6 is 11.6 Å². The van der Waals surface area contributed by atoms with E-state index in [1.165, 1.54) is 7.11 Å². The van der Waals surface area contributed by atoms with Gasteiger partial charge in [-0.15, -0.1) is 11.6 Å². The lowest BCUT2D eigenvalue weighted by Crippen LogP contribution is -2.68. The number of nitrogens with one attached hydrogen (secondary N) is 1. The maximum atomic E-state index is 14.6. The summed E-state index contributed by atoms with van der Waals surface area (Å²) < 4.78 is 36.9. The third-order valence-corrected chi connectivity index (χ3v) is 10.6. The number of ether oxygens (including phenoxy) is 4. The van der Waals surface area contributed by atoms with E-state index >= 15 is 0 Å². The van der Waals surface area contributed by atoms with Crippen molar-refractivity contribution in [2.75, 3.05) is 21.3 Å². The summed E-state index contributed by atoms with van der Waals surface area (Å²) in [5, 5.41) is 2.78. The zero-order valence-electron chi connectivity index (χ0n) is 22.0. The molecule has 0 aromatic heterocycles. The molecule has 3 saturated carbocycles. The van der Waals surface area contributed by atoms with Crippen LogP contribution in [0.25, 0.3) is 0 Å².